The average Bonchev–Trinajstić information content (AvgIpc) is 2.66. The molecule has 0 aliphatic carbocycles. The van der Waals surface area contributed by atoms with Crippen molar-refractivity contribution >= 4 is 33.2 Å². The van der Waals surface area contributed by atoms with Gasteiger partial charge in [0, 0.05) is 18.8 Å². The summed E-state index contributed by atoms with van der Waals surface area (Å²) in [6.45, 7) is 3.20. The van der Waals surface area contributed by atoms with E-state index in [1.165, 1.54) is 16.4 Å². The lowest BCUT2D eigenvalue weighted by Gasteiger charge is -2.26. The van der Waals surface area contributed by atoms with Gasteiger partial charge in [0.05, 0.1) is 24.7 Å². The molecular formula is C19H21ClN2O4S. The molecule has 1 amide bonds. The molecule has 0 saturated carbocycles. The Morgan fingerprint density at radius 1 is 1.19 bits per heavy atom. The van der Waals surface area contributed by atoms with Crippen molar-refractivity contribution in [3.63, 3.8) is 0 Å². The summed E-state index contributed by atoms with van der Waals surface area (Å²) in [6, 6.07) is 12.1. The molecule has 1 saturated heterocycles. The Morgan fingerprint density at radius 2 is 1.89 bits per heavy atom. The molecule has 0 bridgehead atoms. The summed E-state index contributed by atoms with van der Waals surface area (Å²) < 4.78 is 32.3. The Morgan fingerprint density at radius 3 is 2.59 bits per heavy atom. The van der Waals surface area contributed by atoms with E-state index in [0.29, 0.717) is 18.9 Å². The van der Waals surface area contributed by atoms with E-state index in [4.69, 9.17) is 16.3 Å². The van der Waals surface area contributed by atoms with Crippen LogP contribution in [-0.2, 0) is 26.0 Å². The fourth-order valence-electron chi connectivity index (χ4n) is 2.89. The van der Waals surface area contributed by atoms with E-state index in [-0.39, 0.29) is 35.3 Å². The van der Waals surface area contributed by atoms with Gasteiger partial charge in [-0.15, -0.1) is 0 Å². The Kier molecular flexibility index (Phi) is 6.16. The highest BCUT2D eigenvalue weighted by Crippen LogP contribution is 2.28. The minimum atomic E-state index is -3.75. The summed E-state index contributed by atoms with van der Waals surface area (Å²) >= 11 is 6.14. The van der Waals surface area contributed by atoms with Crippen LogP contribution in [0.3, 0.4) is 0 Å². The largest absolute Gasteiger partial charge is 0.379 e. The molecule has 1 heterocycles. The molecule has 1 N–H and O–H groups in total. The van der Waals surface area contributed by atoms with Gasteiger partial charge in [0.15, 0.2) is 0 Å². The number of aryl methyl sites for hydroxylation is 1. The van der Waals surface area contributed by atoms with Crippen molar-refractivity contribution in [3.8, 4) is 0 Å². The van der Waals surface area contributed by atoms with E-state index in [1.54, 1.807) is 6.07 Å². The lowest BCUT2D eigenvalue weighted by atomic mass is 10.1. The Hall–Kier alpha value is -1.93. The SMILES string of the molecule is Cc1ccccc1CC(=O)Nc1ccc(Cl)c(S(=O)(=O)N2CCOCC2)c1. The van der Waals surface area contributed by atoms with Crippen molar-refractivity contribution in [2.45, 2.75) is 18.2 Å². The third-order valence-electron chi connectivity index (χ3n) is 4.42. The van der Waals surface area contributed by atoms with E-state index in [1.807, 2.05) is 31.2 Å². The maximum absolute atomic E-state index is 12.9. The number of nitrogens with one attached hydrogen (secondary N) is 1. The van der Waals surface area contributed by atoms with Crippen LogP contribution in [0.15, 0.2) is 47.4 Å². The highest BCUT2D eigenvalue weighted by molar-refractivity contribution is 7.89. The Labute approximate surface area is 164 Å². The second kappa shape index (κ2) is 8.39. The number of benzene rings is 2. The number of carbonyl (C=O) groups excluding carboxylic acids is 1. The lowest BCUT2D eigenvalue weighted by Crippen LogP contribution is -2.40. The normalized spacial score (nSPS) is 15.5. The fourth-order valence-corrected chi connectivity index (χ4v) is 4.80. The van der Waals surface area contributed by atoms with Crippen LogP contribution in [0, 0.1) is 6.92 Å². The number of ether oxygens (including phenoxy) is 1. The first-order valence-corrected chi connectivity index (χ1v) is 10.4. The molecule has 1 aliphatic heterocycles. The first-order chi connectivity index (χ1) is 12.9. The molecule has 2 aromatic carbocycles. The Bertz CT molecular complexity index is 940. The zero-order chi connectivity index (χ0) is 19.4. The van der Waals surface area contributed by atoms with Crippen molar-refractivity contribution in [1.82, 2.24) is 4.31 Å². The smallest absolute Gasteiger partial charge is 0.244 e. The number of amides is 1. The van der Waals surface area contributed by atoms with E-state index >= 15 is 0 Å². The van der Waals surface area contributed by atoms with Crippen LogP contribution < -0.4 is 5.32 Å². The quantitative estimate of drug-likeness (QED) is 0.825. The second-order valence-corrected chi connectivity index (χ2v) is 8.63. The fraction of sp³-hybridized carbons (Fsp3) is 0.316. The van der Waals surface area contributed by atoms with E-state index in [2.05, 4.69) is 5.32 Å². The number of hydrogen-bond donors (Lipinski definition) is 1. The van der Waals surface area contributed by atoms with Crippen molar-refractivity contribution in [3.05, 3.63) is 58.6 Å². The number of anilines is 1. The van der Waals surface area contributed by atoms with Gasteiger partial charge in [0.1, 0.15) is 4.90 Å². The number of nitrogens with zero attached hydrogens (tertiary/aromatic N) is 1. The molecule has 0 spiro atoms. The van der Waals surface area contributed by atoms with Gasteiger partial charge in [0.25, 0.3) is 0 Å². The summed E-state index contributed by atoms with van der Waals surface area (Å²) in [4.78, 5) is 12.3. The van der Waals surface area contributed by atoms with Gasteiger partial charge >= 0.3 is 0 Å². The lowest BCUT2D eigenvalue weighted by molar-refractivity contribution is -0.115. The van der Waals surface area contributed by atoms with Crippen molar-refractivity contribution in [1.29, 1.82) is 0 Å². The minimum absolute atomic E-state index is 0.0141. The first kappa shape index (κ1) is 19.8. The molecular weight excluding hydrogens is 388 g/mol. The van der Waals surface area contributed by atoms with Crippen LogP contribution in [0.1, 0.15) is 11.1 Å². The summed E-state index contributed by atoms with van der Waals surface area (Å²) in [7, 11) is -3.75. The topological polar surface area (TPSA) is 75.7 Å². The van der Waals surface area contributed by atoms with Crippen LogP contribution in [0.5, 0.6) is 0 Å². The number of morpholine rings is 1. The average molecular weight is 409 g/mol. The van der Waals surface area contributed by atoms with Gasteiger partial charge < -0.3 is 10.1 Å². The van der Waals surface area contributed by atoms with Gasteiger partial charge in [0.2, 0.25) is 15.9 Å². The van der Waals surface area contributed by atoms with Crippen molar-refractivity contribution in [2.24, 2.45) is 0 Å². The van der Waals surface area contributed by atoms with Gasteiger partial charge in [-0.25, -0.2) is 8.42 Å². The van der Waals surface area contributed by atoms with E-state index < -0.39 is 10.0 Å². The highest BCUT2D eigenvalue weighted by Gasteiger charge is 2.28. The monoisotopic (exact) mass is 408 g/mol. The van der Waals surface area contributed by atoms with Crippen LogP contribution in [0.2, 0.25) is 5.02 Å². The standard InChI is InChI=1S/C19H21ClN2O4S/c1-14-4-2-3-5-15(14)12-19(23)21-16-6-7-17(20)18(13-16)27(24,25)22-8-10-26-11-9-22/h2-7,13H,8-12H2,1H3,(H,21,23). The van der Waals surface area contributed by atoms with Crippen LogP contribution in [0.4, 0.5) is 5.69 Å². The molecule has 3 rings (SSSR count). The number of rotatable bonds is 5. The molecule has 0 unspecified atom stereocenters. The predicted molar refractivity (Wildman–Crippen MR) is 105 cm³/mol. The number of sulfonamides is 1. The van der Waals surface area contributed by atoms with Crippen LogP contribution >= 0.6 is 11.6 Å². The molecule has 144 valence electrons. The molecule has 2 aromatic rings. The van der Waals surface area contributed by atoms with Gasteiger partial charge in [-0.1, -0.05) is 35.9 Å². The van der Waals surface area contributed by atoms with Crippen LogP contribution in [-0.4, -0.2) is 44.9 Å². The molecule has 27 heavy (non-hydrogen) atoms. The van der Waals surface area contributed by atoms with Crippen molar-refractivity contribution in [2.75, 3.05) is 31.6 Å². The van der Waals surface area contributed by atoms with Gasteiger partial charge in [-0.3, -0.25) is 4.79 Å². The maximum atomic E-state index is 12.9. The molecule has 6 nitrogen and oxygen atoms in total. The molecule has 1 aliphatic rings. The van der Waals surface area contributed by atoms with Crippen LogP contribution in [0.25, 0.3) is 0 Å². The maximum Gasteiger partial charge on any atom is 0.244 e. The molecule has 0 aromatic heterocycles. The number of halogens is 1. The minimum Gasteiger partial charge on any atom is -0.379 e. The number of carbonyl (C=O) groups is 1. The first-order valence-electron chi connectivity index (χ1n) is 8.60. The van der Waals surface area contributed by atoms with E-state index in [0.717, 1.165) is 11.1 Å². The third kappa shape index (κ3) is 4.68. The number of hydrogen-bond acceptors (Lipinski definition) is 4. The molecule has 1 fully saturated rings. The van der Waals surface area contributed by atoms with Gasteiger partial charge in [-0.2, -0.15) is 4.31 Å². The zero-order valence-corrected chi connectivity index (χ0v) is 16.5. The third-order valence-corrected chi connectivity index (χ3v) is 6.80. The Balaban J connectivity index is 1.79. The molecule has 0 atom stereocenters. The predicted octanol–water partition coefficient (Wildman–Crippen LogP) is 2.85. The summed E-state index contributed by atoms with van der Waals surface area (Å²) in [5.41, 5.74) is 2.34. The summed E-state index contributed by atoms with van der Waals surface area (Å²) in [6.07, 6.45) is 0.209. The van der Waals surface area contributed by atoms with E-state index in [9.17, 15) is 13.2 Å². The summed E-state index contributed by atoms with van der Waals surface area (Å²) in [5, 5.41) is 2.88. The molecule has 8 heteroatoms. The second-order valence-electron chi connectivity index (χ2n) is 6.31. The van der Waals surface area contributed by atoms with Crippen molar-refractivity contribution < 1.29 is 17.9 Å². The highest BCUT2D eigenvalue weighted by atomic mass is 35.5. The van der Waals surface area contributed by atoms with Gasteiger partial charge in [-0.05, 0) is 36.2 Å². The molecule has 0 radical (unpaired) electrons. The summed E-state index contributed by atoms with van der Waals surface area (Å²) in [5.74, 6) is -0.221. The zero-order valence-electron chi connectivity index (χ0n) is 14.9.